The van der Waals surface area contributed by atoms with Gasteiger partial charge in [-0.25, -0.2) is 10.1 Å². The van der Waals surface area contributed by atoms with Crippen molar-refractivity contribution in [2.24, 2.45) is 11.0 Å². The second kappa shape index (κ2) is 8.34. The molecule has 0 bridgehead atoms. The number of thioether (sulfide) groups is 1. The quantitative estimate of drug-likeness (QED) is 0.338. The van der Waals surface area contributed by atoms with E-state index in [1.165, 1.54) is 11.8 Å². The van der Waals surface area contributed by atoms with Crippen LogP contribution in [0.5, 0.6) is 0 Å². The van der Waals surface area contributed by atoms with Crippen molar-refractivity contribution in [1.29, 1.82) is 0 Å². The standard InChI is InChI=1S/C11H22N4O3S/c1-9-6-10(8-18-9)7-14(2)5-4-12-11(19-3)13-15(16)17/h9-10H,4-8H2,1-3H3,(H,12,13). The molecule has 1 N–H and O–H groups in total. The minimum atomic E-state index is -0.681. The molecule has 2 unspecified atom stereocenters. The first-order valence-electron chi connectivity index (χ1n) is 6.32. The third-order valence-corrected chi connectivity index (χ3v) is 3.60. The second-order valence-electron chi connectivity index (χ2n) is 4.78. The molecule has 0 aromatic heterocycles. The van der Waals surface area contributed by atoms with E-state index in [1.54, 1.807) is 6.26 Å². The number of rotatable bonds is 6. The Morgan fingerprint density at radius 2 is 2.42 bits per heavy atom. The molecule has 2 atom stereocenters. The first-order valence-corrected chi connectivity index (χ1v) is 7.54. The molecule has 19 heavy (non-hydrogen) atoms. The van der Waals surface area contributed by atoms with Crippen molar-refractivity contribution in [3.63, 3.8) is 0 Å². The molecule has 0 aromatic rings. The van der Waals surface area contributed by atoms with Crippen LogP contribution in [0.15, 0.2) is 5.10 Å². The molecule has 7 nitrogen and oxygen atoms in total. The summed E-state index contributed by atoms with van der Waals surface area (Å²) in [4.78, 5) is 12.5. The number of nitro groups is 1. The van der Waals surface area contributed by atoms with Crippen molar-refractivity contribution in [3.05, 3.63) is 10.1 Å². The lowest BCUT2D eigenvalue weighted by Gasteiger charge is -2.20. The van der Waals surface area contributed by atoms with E-state index in [0.717, 1.165) is 26.1 Å². The highest BCUT2D eigenvalue weighted by Crippen LogP contribution is 2.19. The van der Waals surface area contributed by atoms with Gasteiger partial charge in [0.15, 0.2) is 5.03 Å². The fraction of sp³-hybridized carbons (Fsp3) is 0.909. The Morgan fingerprint density at radius 1 is 1.68 bits per heavy atom. The van der Waals surface area contributed by atoms with Crippen LogP contribution in [-0.2, 0) is 4.74 Å². The molecular formula is C11H22N4O3S. The first kappa shape index (κ1) is 16.2. The summed E-state index contributed by atoms with van der Waals surface area (Å²) >= 11 is 1.24. The minimum Gasteiger partial charge on any atom is -0.378 e. The zero-order chi connectivity index (χ0) is 14.3. The zero-order valence-corrected chi connectivity index (χ0v) is 12.5. The molecule has 8 heteroatoms. The van der Waals surface area contributed by atoms with Crippen LogP contribution >= 0.6 is 11.8 Å². The summed E-state index contributed by atoms with van der Waals surface area (Å²) < 4.78 is 5.53. The van der Waals surface area contributed by atoms with Gasteiger partial charge in [0.05, 0.1) is 17.8 Å². The SMILES string of the molecule is CSC(=N[N+](=O)[O-])NCCN(C)CC1COC(C)C1. The van der Waals surface area contributed by atoms with Crippen molar-refractivity contribution >= 4 is 16.9 Å². The molecule has 0 aliphatic carbocycles. The molecular weight excluding hydrogens is 268 g/mol. The van der Waals surface area contributed by atoms with E-state index in [1.807, 2.05) is 7.05 Å². The number of ether oxygens (including phenoxy) is 1. The van der Waals surface area contributed by atoms with E-state index < -0.39 is 5.03 Å². The van der Waals surface area contributed by atoms with E-state index in [-0.39, 0.29) is 0 Å². The average Bonchev–Trinajstić information content (AvgIpc) is 2.72. The number of hydrogen-bond acceptors (Lipinski definition) is 5. The van der Waals surface area contributed by atoms with Crippen LogP contribution in [0.4, 0.5) is 0 Å². The van der Waals surface area contributed by atoms with Crippen molar-refractivity contribution in [2.75, 3.05) is 39.5 Å². The lowest BCUT2D eigenvalue weighted by molar-refractivity contribution is -0.484. The van der Waals surface area contributed by atoms with Gasteiger partial charge in [-0.3, -0.25) is 0 Å². The summed E-state index contributed by atoms with van der Waals surface area (Å²) in [6.07, 6.45) is 3.24. The fourth-order valence-electron chi connectivity index (χ4n) is 2.14. The Morgan fingerprint density at radius 3 is 2.95 bits per heavy atom. The van der Waals surface area contributed by atoms with Gasteiger partial charge in [-0.05, 0) is 32.6 Å². The van der Waals surface area contributed by atoms with Gasteiger partial charge < -0.3 is 15.0 Å². The third kappa shape index (κ3) is 6.74. The predicted octanol–water partition coefficient (Wildman–Crippen LogP) is 0.843. The number of amidine groups is 1. The molecule has 1 rings (SSSR count). The Balaban J connectivity index is 2.19. The summed E-state index contributed by atoms with van der Waals surface area (Å²) in [7, 11) is 2.05. The van der Waals surface area contributed by atoms with Crippen LogP contribution in [0, 0.1) is 16.0 Å². The van der Waals surface area contributed by atoms with E-state index in [2.05, 4.69) is 22.2 Å². The molecule has 1 heterocycles. The van der Waals surface area contributed by atoms with Gasteiger partial charge >= 0.3 is 0 Å². The number of hydrazone groups is 1. The Bertz CT molecular complexity index is 327. The van der Waals surface area contributed by atoms with Crippen molar-refractivity contribution in [2.45, 2.75) is 19.4 Å². The minimum absolute atomic E-state index is 0.344. The predicted molar refractivity (Wildman–Crippen MR) is 77.0 cm³/mol. The van der Waals surface area contributed by atoms with Gasteiger partial charge in [0.2, 0.25) is 5.17 Å². The van der Waals surface area contributed by atoms with Gasteiger partial charge in [0, 0.05) is 19.6 Å². The number of nitrogens with zero attached hydrogens (tertiary/aromatic N) is 3. The summed E-state index contributed by atoms with van der Waals surface area (Å²) in [5.41, 5.74) is 0. The maximum atomic E-state index is 10.3. The van der Waals surface area contributed by atoms with Crippen LogP contribution < -0.4 is 5.32 Å². The molecule has 1 fully saturated rings. The average molecular weight is 290 g/mol. The maximum Gasteiger partial charge on any atom is 0.234 e. The molecule has 1 aliphatic rings. The lowest BCUT2D eigenvalue weighted by atomic mass is 10.1. The van der Waals surface area contributed by atoms with Crippen molar-refractivity contribution in [3.8, 4) is 0 Å². The topological polar surface area (TPSA) is 80.0 Å². The van der Waals surface area contributed by atoms with E-state index in [4.69, 9.17) is 4.74 Å². The fourth-order valence-corrected chi connectivity index (χ4v) is 2.54. The number of hydrogen-bond donors (Lipinski definition) is 1. The van der Waals surface area contributed by atoms with Crippen LogP contribution in [0.3, 0.4) is 0 Å². The smallest absolute Gasteiger partial charge is 0.234 e. The third-order valence-electron chi connectivity index (χ3n) is 2.99. The Labute approximate surface area is 117 Å². The number of nitrogens with one attached hydrogen (secondary N) is 1. The van der Waals surface area contributed by atoms with Crippen LogP contribution in [0.25, 0.3) is 0 Å². The molecule has 0 radical (unpaired) electrons. The largest absolute Gasteiger partial charge is 0.378 e. The van der Waals surface area contributed by atoms with Crippen LogP contribution in [0.1, 0.15) is 13.3 Å². The number of likely N-dealkylation sites (N-methyl/N-ethyl adjacent to an activating group) is 1. The summed E-state index contributed by atoms with van der Waals surface area (Å²) in [6, 6.07) is 0. The Hall–Kier alpha value is -0.860. The van der Waals surface area contributed by atoms with Gasteiger partial charge in [0.1, 0.15) is 0 Å². The molecule has 0 amide bonds. The highest BCUT2D eigenvalue weighted by molar-refractivity contribution is 8.13. The zero-order valence-electron chi connectivity index (χ0n) is 11.7. The highest BCUT2D eigenvalue weighted by Gasteiger charge is 2.22. The maximum absolute atomic E-state index is 10.3. The normalized spacial score (nSPS) is 23.9. The summed E-state index contributed by atoms with van der Waals surface area (Å²) in [5.74, 6) is 0.590. The molecule has 0 spiro atoms. The monoisotopic (exact) mass is 290 g/mol. The molecule has 0 saturated carbocycles. The molecule has 1 aliphatic heterocycles. The first-order chi connectivity index (χ1) is 9.01. The summed E-state index contributed by atoms with van der Waals surface area (Å²) in [5, 5.41) is 16.2. The molecule has 0 aromatic carbocycles. The van der Waals surface area contributed by atoms with Crippen molar-refractivity contribution < 1.29 is 9.77 Å². The molecule has 110 valence electrons. The molecule has 1 saturated heterocycles. The summed E-state index contributed by atoms with van der Waals surface area (Å²) in [6.45, 7) is 5.39. The van der Waals surface area contributed by atoms with E-state index in [0.29, 0.717) is 23.7 Å². The Kier molecular flexibility index (Phi) is 7.11. The van der Waals surface area contributed by atoms with Gasteiger partial charge in [0.25, 0.3) is 0 Å². The van der Waals surface area contributed by atoms with Gasteiger partial charge in [-0.1, -0.05) is 11.8 Å². The lowest BCUT2D eigenvalue weighted by Crippen LogP contribution is -2.34. The van der Waals surface area contributed by atoms with Crippen LogP contribution in [0.2, 0.25) is 0 Å². The highest BCUT2D eigenvalue weighted by atomic mass is 32.2. The van der Waals surface area contributed by atoms with Gasteiger partial charge in [-0.2, -0.15) is 0 Å². The van der Waals surface area contributed by atoms with Crippen LogP contribution in [-0.4, -0.2) is 60.7 Å². The van der Waals surface area contributed by atoms with Gasteiger partial charge in [-0.15, -0.1) is 0 Å². The van der Waals surface area contributed by atoms with Crippen molar-refractivity contribution in [1.82, 2.24) is 10.2 Å². The van der Waals surface area contributed by atoms with E-state index >= 15 is 0 Å². The van der Waals surface area contributed by atoms with E-state index in [9.17, 15) is 10.1 Å². The second-order valence-corrected chi connectivity index (χ2v) is 5.58.